The number of thiol groups is 1. The standard InChI is InChI=1S/C11H19NO3S/c1-3-4-7-10(13)12-9(11(14)15)6-5-8-16-2/h3,8-9,16H,1,4-7H2,2H3,(H,12,13)(H,14,15). The molecule has 0 radical (unpaired) electrons. The van der Waals surface area contributed by atoms with Gasteiger partial charge in [-0.2, -0.15) is 0 Å². The van der Waals surface area contributed by atoms with Crippen molar-refractivity contribution >= 4 is 28.6 Å². The van der Waals surface area contributed by atoms with Gasteiger partial charge in [-0.05, 0) is 25.5 Å². The molecule has 0 aliphatic heterocycles. The highest BCUT2D eigenvalue weighted by Gasteiger charge is 2.18. The zero-order chi connectivity index (χ0) is 12.4. The van der Waals surface area contributed by atoms with Crippen LogP contribution in [0.2, 0.25) is 0 Å². The number of allylic oxidation sites excluding steroid dienone is 1. The van der Waals surface area contributed by atoms with Gasteiger partial charge in [-0.15, -0.1) is 6.58 Å². The lowest BCUT2D eigenvalue weighted by molar-refractivity contribution is -0.141. The van der Waals surface area contributed by atoms with Gasteiger partial charge in [0.1, 0.15) is 6.04 Å². The van der Waals surface area contributed by atoms with E-state index in [1.165, 1.54) is 0 Å². The molecule has 0 fully saturated rings. The lowest BCUT2D eigenvalue weighted by Crippen LogP contribution is -2.40. The fourth-order valence-corrected chi connectivity index (χ4v) is 1.53. The van der Waals surface area contributed by atoms with E-state index in [0.717, 1.165) is 11.4 Å². The van der Waals surface area contributed by atoms with Crippen LogP contribution in [0.3, 0.4) is 0 Å². The second-order valence-corrected chi connectivity index (χ2v) is 4.19. The molecule has 0 aliphatic rings. The summed E-state index contributed by atoms with van der Waals surface area (Å²) in [6.45, 7) is 3.51. The first-order chi connectivity index (χ1) is 7.61. The summed E-state index contributed by atoms with van der Waals surface area (Å²) in [6.07, 6.45) is 5.60. The van der Waals surface area contributed by atoms with E-state index in [9.17, 15) is 9.59 Å². The quantitative estimate of drug-likeness (QED) is 0.342. The lowest BCUT2D eigenvalue weighted by Gasteiger charge is -2.13. The van der Waals surface area contributed by atoms with Crippen molar-refractivity contribution in [1.29, 1.82) is 0 Å². The molecule has 1 amide bonds. The smallest absolute Gasteiger partial charge is 0.326 e. The third-order valence-electron chi connectivity index (χ3n) is 1.98. The van der Waals surface area contributed by atoms with Gasteiger partial charge in [-0.25, -0.2) is 16.1 Å². The monoisotopic (exact) mass is 245 g/mol. The highest BCUT2D eigenvalue weighted by molar-refractivity contribution is 7.96. The van der Waals surface area contributed by atoms with E-state index in [4.69, 9.17) is 5.11 Å². The van der Waals surface area contributed by atoms with Gasteiger partial charge >= 0.3 is 5.97 Å². The summed E-state index contributed by atoms with van der Waals surface area (Å²) in [7, 11) is 0. The van der Waals surface area contributed by atoms with Crippen LogP contribution in [-0.4, -0.2) is 34.6 Å². The second kappa shape index (κ2) is 9.15. The fourth-order valence-electron chi connectivity index (χ4n) is 1.13. The maximum Gasteiger partial charge on any atom is 0.326 e. The molecule has 0 rings (SSSR count). The second-order valence-electron chi connectivity index (χ2n) is 3.30. The van der Waals surface area contributed by atoms with E-state index < -0.39 is 12.0 Å². The van der Waals surface area contributed by atoms with Gasteiger partial charge in [-0.3, -0.25) is 4.79 Å². The number of hydrogen-bond donors (Lipinski definition) is 3. The average Bonchev–Trinajstić information content (AvgIpc) is 2.25. The molecule has 2 N–H and O–H groups in total. The number of carbonyl (C=O) groups is 2. The van der Waals surface area contributed by atoms with Crippen molar-refractivity contribution in [3.05, 3.63) is 12.7 Å². The molecular weight excluding hydrogens is 226 g/mol. The lowest BCUT2D eigenvalue weighted by atomic mass is 10.1. The minimum atomic E-state index is -0.979. The number of rotatable bonds is 8. The number of hydrogen-bond acceptors (Lipinski definition) is 2. The molecule has 1 atom stereocenters. The Morgan fingerprint density at radius 2 is 2.19 bits per heavy atom. The Hall–Kier alpha value is -1.10. The molecule has 0 aliphatic carbocycles. The molecule has 0 spiro atoms. The van der Waals surface area contributed by atoms with Crippen molar-refractivity contribution in [2.45, 2.75) is 31.7 Å². The number of nitrogens with one attached hydrogen (secondary N) is 1. The fraction of sp³-hybridized carbons (Fsp3) is 0.545. The Labute approximate surface area is 99.7 Å². The number of amides is 1. The molecule has 0 aromatic rings. The summed E-state index contributed by atoms with van der Waals surface area (Å²) in [6, 6.07) is -0.782. The van der Waals surface area contributed by atoms with Crippen LogP contribution in [0.4, 0.5) is 0 Å². The molecule has 0 saturated carbocycles. The summed E-state index contributed by atoms with van der Waals surface area (Å²) >= 11 is 1.12. The van der Waals surface area contributed by atoms with Gasteiger partial charge in [0.05, 0.1) is 0 Å². The molecule has 92 valence electrons. The van der Waals surface area contributed by atoms with E-state index in [2.05, 4.69) is 11.9 Å². The number of carbonyl (C=O) groups excluding carboxylic acids is 1. The van der Waals surface area contributed by atoms with Crippen molar-refractivity contribution in [2.24, 2.45) is 0 Å². The normalized spacial score (nSPS) is 12.8. The van der Waals surface area contributed by atoms with Crippen LogP contribution in [0, 0.1) is 0 Å². The summed E-state index contributed by atoms with van der Waals surface area (Å²) in [5.41, 5.74) is 0. The Morgan fingerprint density at radius 1 is 1.50 bits per heavy atom. The minimum absolute atomic E-state index is 0.235. The van der Waals surface area contributed by atoms with E-state index in [0.29, 0.717) is 25.7 Å². The SMILES string of the molecule is C=CCCC(=O)NC(CCC=[SH]C)C(=O)O. The molecule has 0 bridgehead atoms. The topological polar surface area (TPSA) is 66.4 Å². The van der Waals surface area contributed by atoms with Crippen molar-refractivity contribution in [3.63, 3.8) is 0 Å². The molecule has 16 heavy (non-hydrogen) atoms. The first-order valence-electron chi connectivity index (χ1n) is 5.15. The maximum atomic E-state index is 11.3. The third kappa shape index (κ3) is 7.23. The molecule has 0 aromatic heterocycles. The summed E-state index contributed by atoms with van der Waals surface area (Å²) in [4.78, 5) is 22.2. The van der Waals surface area contributed by atoms with Crippen molar-refractivity contribution in [1.82, 2.24) is 5.32 Å². The highest BCUT2D eigenvalue weighted by atomic mass is 32.1. The van der Waals surface area contributed by atoms with Crippen LogP contribution in [0.25, 0.3) is 0 Å². The van der Waals surface area contributed by atoms with E-state index in [-0.39, 0.29) is 5.91 Å². The van der Waals surface area contributed by atoms with Crippen LogP contribution in [0.5, 0.6) is 0 Å². The van der Waals surface area contributed by atoms with Crippen molar-refractivity contribution < 1.29 is 14.7 Å². The van der Waals surface area contributed by atoms with Gasteiger partial charge in [0.15, 0.2) is 0 Å². The number of aliphatic carboxylic acids is 1. The van der Waals surface area contributed by atoms with Gasteiger partial charge in [0, 0.05) is 6.42 Å². The third-order valence-corrected chi connectivity index (χ3v) is 2.60. The summed E-state index contributed by atoms with van der Waals surface area (Å²) in [5.74, 6) is -1.21. The number of carboxylic acids is 1. The van der Waals surface area contributed by atoms with Crippen LogP contribution in [0.1, 0.15) is 25.7 Å². The Morgan fingerprint density at radius 3 is 2.69 bits per heavy atom. The van der Waals surface area contributed by atoms with E-state index >= 15 is 0 Å². The summed E-state index contributed by atoms with van der Waals surface area (Å²) < 4.78 is 0. The van der Waals surface area contributed by atoms with Crippen molar-refractivity contribution in [3.8, 4) is 0 Å². The minimum Gasteiger partial charge on any atom is -0.480 e. The summed E-state index contributed by atoms with van der Waals surface area (Å²) in [5, 5.41) is 13.4. The molecular formula is C11H19NO3S. The molecule has 0 heterocycles. The largest absolute Gasteiger partial charge is 0.480 e. The highest BCUT2D eigenvalue weighted by Crippen LogP contribution is 1.99. The average molecular weight is 245 g/mol. The van der Waals surface area contributed by atoms with E-state index in [1.54, 1.807) is 6.08 Å². The Bertz CT molecular complexity index is 276. The first-order valence-corrected chi connectivity index (χ1v) is 6.56. The van der Waals surface area contributed by atoms with Crippen LogP contribution in [-0.2, 0) is 9.59 Å². The van der Waals surface area contributed by atoms with E-state index in [1.807, 2.05) is 11.6 Å². The van der Waals surface area contributed by atoms with Gasteiger partial charge in [0.2, 0.25) is 5.91 Å². The first kappa shape index (κ1) is 14.9. The Balaban J connectivity index is 4.06. The predicted octanol–water partition coefficient (Wildman–Crippen LogP) is 1.20. The molecule has 4 nitrogen and oxygen atoms in total. The predicted molar refractivity (Wildman–Crippen MR) is 69.2 cm³/mol. The molecule has 5 heteroatoms. The van der Waals surface area contributed by atoms with Gasteiger partial charge in [-0.1, -0.05) is 11.4 Å². The maximum absolute atomic E-state index is 11.3. The van der Waals surface area contributed by atoms with Crippen LogP contribution >= 0.6 is 11.4 Å². The van der Waals surface area contributed by atoms with Crippen molar-refractivity contribution in [2.75, 3.05) is 6.26 Å². The zero-order valence-corrected chi connectivity index (χ0v) is 10.4. The Kier molecular flexibility index (Phi) is 8.52. The van der Waals surface area contributed by atoms with Crippen LogP contribution < -0.4 is 5.32 Å². The molecule has 0 aromatic carbocycles. The molecule has 0 saturated heterocycles. The zero-order valence-electron chi connectivity index (χ0n) is 9.48. The van der Waals surface area contributed by atoms with Gasteiger partial charge < -0.3 is 10.4 Å². The molecule has 1 unspecified atom stereocenters. The van der Waals surface area contributed by atoms with Gasteiger partial charge in [0.25, 0.3) is 0 Å². The number of carboxylic acid groups (broad SMARTS) is 1. The van der Waals surface area contributed by atoms with Crippen LogP contribution in [0.15, 0.2) is 12.7 Å².